The second kappa shape index (κ2) is 47.1. The van der Waals surface area contributed by atoms with E-state index in [2.05, 4.69) is 62.5 Å². The molecule has 0 fully saturated rings. The van der Waals surface area contributed by atoms with Crippen LogP contribution >= 0.6 is 7.82 Å². The first-order chi connectivity index (χ1) is 31.5. The number of hydrogen-bond acceptors (Lipinski definition) is 8. The van der Waals surface area contributed by atoms with Crippen LogP contribution in [0, 0.1) is 0 Å². The number of rotatable bonds is 49. The smallest absolute Gasteiger partial charge is 0.306 e. The first-order valence-electron chi connectivity index (χ1n) is 26.8. The van der Waals surface area contributed by atoms with E-state index in [-0.39, 0.29) is 26.1 Å². The van der Waals surface area contributed by atoms with Gasteiger partial charge in [-0.1, -0.05) is 223 Å². The predicted molar refractivity (Wildman–Crippen MR) is 273 cm³/mol. The summed E-state index contributed by atoms with van der Waals surface area (Å²) in [6.07, 6.45) is 57.4. The number of carbonyl (C=O) groups is 2. The molecule has 0 aromatic carbocycles. The van der Waals surface area contributed by atoms with E-state index in [4.69, 9.17) is 18.5 Å². The number of esters is 2. The summed E-state index contributed by atoms with van der Waals surface area (Å²) in [5.41, 5.74) is 0. The van der Waals surface area contributed by atoms with Gasteiger partial charge >= 0.3 is 11.9 Å². The van der Waals surface area contributed by atoms with Crippen molar-refractivity contribution in [1.82, 2.24) is 0 Å². The average molecular weight is 936 g/mol. The minimum absolute atomic E-state index is 0.0391. The van der Waals surface area contributed by atoms with Crippen molar-refractivity contribution < 1.29 is 42.1 Å². The highest BCUT2D eigenvalue weighted by molar-refractivity contribution is 7.45. The van der Waals surface area contributed by atoms with Gasteiger partial charge < -0.3 is 27.9 Å². The van der Waals surface area contributed by atoms with Crippen molar-refractivity contribution in [2.24, 2.45) is 0 Å². The van der Waals surface area contributed by atoms with E-state index in [1.54, 1.807) is 0 Å². The van der Waals surface area contributed by atoms with Crippen LogP contribution in [0.5, 0.6) is 0 Å². The second-order valence-corrected chi connectivity index (χ2v) is 20.6. The molecule has 10 heteroatoms. The second-order valence-electron chi connectivity index (χ2n) is 19.2. The number of allylic oxidation sites excluding steroid dienone is 8. The van der Waals surface area contributed by atoms with Crippen LogP contribution in [-0.2, 0) is 32.7 Å². The van der Waals surface area contributed by atoms with Crippen molar-refractivity contribution in [3.05, 3.63) is 48.6 Å². The summed E-state index contributed by atoms with van der Waals surface area (Å²) in [6.45, 7) is 4.09. The van der Waals surface area contributed by atoms with Gasteiger partial charge in [0, 0.05) is 12.8 Å². The average Bonchev–Trinajstić information content (AvgIpc) is 3.26. The molecule has 380 valence electrons. The maximum absolute atomic E-state index is 12.7. The molecule has 0 heterocycles. The first kappa shape index (κ1) is 63.0. The highest BCUT2D eigenvalue weighted by Crippen LogP contribution is 2.38. The molecule has 0 aliphatic rings. The van der Waals surface area contributed by atoms with E-state index in [0.717, 1.165) is 57.8 Å². The normalized spacial score (nSPS) is 13.8. The van der Waals surface area contributed by atoms with E-state index in [0.29, 0.717) is 17.4 Å². The Bertz CT molecular complexity index is 1240. The number of phosphoric acid groups is 1. The molecule has 2 unspecified atom stereocenters. The number of nitrogens with zero attached hydrogens (tertiary/aromatic N) is 1. The molecular weight excluding hydrogens is 834 g/mol. The molecule has 0 amide bonds. The zero-order valence-electron chi connectivity index (χ0n) is 42.9. The molecule has 0 radical (unpaired) electrons. The highest BCUT2D eigenvalue weighted by Gasteiger charge is 2.21. The summed E-state index contributed by atoms with van der Waals surface area (Å²) in [4.78, 5) is 37.7. The number of hydrogen-bond donors (Lipinski definition) is 0. The van der Waals surface area contributed by atoms with Gasteiger partial charge in [-0.2, -0.15) is 0 Å². The van der Waals surface area contributed by atoms with E-state index in [1.807, 2.05) is 21.1 Å². The van der Waals surface area contributed by atoms with Crippen molar-refractivity contribution in [2.75, 3.05) is 47.5 Å². The largest absolute Gasteiger partial charge is 0.756 e. The maximum Gasteiger partial charge on any atom is 0.306 e. The van der Waals surface area contributed by atoms with Crippen LogP contribution in [0.25, 0.3) is 0 Å². The molecule has 0 aliphatic carbocycles. The highest BCUT2D eigenvalue weighted by atomic mass is 31.2. The summed E-state index contributed by atoms with van der Waals surface area (Å²) >= 11 is 0. The summed E-state index contributed by atoms with van der Waals surface area (Å²) in [7, 11) is 1.14. The van der Waals surface area contributed by atoms with E-state index >= 15 is 0 Å². The Morgan fingerprint density at radius 1 is 0.492 bits per heavy atom. The Morgan fingerprint density at radius 3 is 1.31 bits per heavy atom. The Hall–Kier alpha value is -2.03. The van der Waals surface area contributed by atoms with Gasteiger partial charge in [0.1, 0.15) is 19.8 Å². The fourth-order valence-corrected chi connectivity index (χ4v) is 8.20. The summed E-state index contributed by atoms with van der Waals surface area (Å²) in [5.74, 6) is -0.875. The monoisotopic (exact) mass is 936 g/mol. The topological polar surface area (TPSA) is 111 Å². The maximum atomic E-state index is 12.7. The minimum atomic E-state index is -4.64. The lowest BCUT2D eigenvalue weighted by atomic mass is 10.0. The molecular formula is C55H102NO8P. The molecule has 2 atom stereocenters. The molecule has 0 N–H and O–H groups in total. The van der Waals surface area contributed by atoms with Crippen molar-refractivity contribution in [3.63, 3.8) is 0 Å². The quantitative estimate of drug-likeness (QED) is 0.0195. The molecule has 0 saturated heterocycles. The molecule has 0 spiro atoms. The number of quaternary nitrogens is 1. The minimum Gasteiger partial charge on any atom is -0.756 e. The van der Waals surface area contributed by atoms with Crippen LogP contribution in [-0.4, -0.2) is 70.0 Å². The predicted octanol–water partition coefficient (Wildman–Crippen LogP) is 15.6. The Morgan fingerprint density at radius 2 is 0.877 bits per heavy atom. The van der Waals surface area contributed by atoms with Gasteiger partial charge in [-0.25, -0.2) is 0 Å². The summed E-state index contributed by atoms with van der Waals surface area (Å²) in [5, 5.41) is 0. The Kier molecular flexibility index (Phi) is 45.6. The molecule has 0 rings (SSSR count). The molecule has 0 bridgehead atoms. The number of carbonyl (C=O) groups excluding carboxylic acids is 2. The van der Waals surface area contributed by atoms with Gasteiger partial charge in [0.25, 0.3) is 7.82 Å². The third-order valence-corrected chi connectivity index (χ3v) is 12.6. The molecule has 9 nitrogen and oxygen atoms in total. The van der Waals surface area contributed by atoms with Crippen molar-refractivity contribution >= 4 is 19.8 Å². The van der Waals surface area contributed by atoms with Gasteiger partial charge in [0.15, 0.2) is 6.10 Å². The fourth-order valence-electron chi connectivity index (χ4n) is 7.47. The summed E-state index contributed by atoms with van der Waals surface area (Å²) in [6, 6.07) is 0. The first-order valence-corrected chi connectivity index (χ1v) is 28.3. The lowest BCUT2D eigenvalue weighted by Gasteiger charge is -2.28. The van der Waals surface area contributed by atoms with E-state index < -0.39 is 32.5 Å². The van der Waals surface area contributed by atoms with E-state index in [9.17, 15) is 19.0 Å². The van der Waals surface area contributed by atoms with Crippen molar-refractivity contribution in [3.8, 4) is 0 Å². The summed E-state index contributed by atoms with van der Waals surface area (Å²) < 4.78 is 34.0. The van der Waals surface area contributed by atoms with Crippen LogP contribution in [0.2, 0.25) is 0 Å². The molecule has 0 aliphatic heterocycles. The molecule has 0 aromatic rings. The zero-order chi connectivity index (χ0) is 47.8. The molecule has 65 heavy (non-hydrogen) atoms. The Labute approximate surface area is 401 Å². The fraction of sp³-hybridized carbons (Fsp3) is 0.818. The molecule has 0 saturated carbocycles. The number of ether oxygens (including phenoxy) is 2. The van der Waals surface area contributed by atoms with Crippen LogP contribution in [0.4, 0.5) is 0 Å². The lowest BCUT2D eigenvalue weighted by Crippen LogP contribution is -2.37. The zero-order valence-corrected chi connectivity index (χ0v) is 43.8. The third kappa shape index (κ3) is 51.2. The number of likely N-dealkylation sites (N-methyl/N-ethyl adjacent to an activating group) is 1. The third-order valence-electron chi connectivity index (χ3n) is 11.6. The van der Waals surface area contributed by atoms with Crippen LogP contribution in [0.15, 0.2) is 48.6 Å². The van der Waals surface area contributed by atoms with Gasteiger partial charge in [0.05, 0.1) is 27.7 Å². The van der Waals surface area contributed by atoms with Gasteiger partial charge in [-0.05, 0) is 51.4 Å². The van der Waals surface area contributed by atoms with Crippen molar-refractivity contribution in [2.45, 2.75) is 245 Å². The van der Waals surface area contributed by atoms with Crippen LogP contribution < -0.4 is 4.89 Å². The van der Waals surface area contributed by atoms with Gasteiger partial charge in [-0.3, -0.25) is 14.2 Å². The SMILES string of the molecule is CC/C=C\C/C=C\C/C=C\C/C=C\CCCCC(=O)OC(COC(=O)CCCCCCCCCCCCCCCCCCCCCCCCCCCC)COP(=O)([O-])OCC[N+](C)(C)C. The standard InChI is InChI=1S/C55H102NO8P/c1-6-8-10-12-14-16-18-20-22-23-24-25-26-27-28-29-30-31-32-34-35-37-39-41-43-45-47-54(57)61-51-53(52-63-65(59,60)62-50-49-56(3,4)5)64-55(58)48-46-44-42-40-38-36-33-21-19-17-15-13-11-9-7-2/h9,11,15,17,21,33,38,40,53H,6-8,10,12-14,16,18-20,22-32,34-37,39,41-52H2,1-5H3/b11-9-,17-15-,33-21-,40-38-. The van der Waals surface area contributed by atoms with Gasteiger partial charge in [-0.15, -0.1) is 0 Å². The molecule has 0 aromatic heterocycles. The van der Waals surface area contributed by atoms with Gasteiger partial charge in [0.2, 0.25) is 0 Å². The lowest BCUT2D eigenvalue weighted by molar-refractivity contribution is -0.870. The Balaban J connectivity index is 4.15. The van der Waals surface area contributed by atoms with E-state index in [1.165, 1.54) is 148 Å². The van der Waals surface area contributed by atoms with Crippen LogP contribution in [0.3, 0.4) is 0 Å². The number of phosphoric ester groups is 1. The van der Waals surface area contributed by atoms with Crippen molar-refractivity contribution in [1.29, 1.82) is 0 Å². The van der Waals surface area contributed by atoms with Crippen LogP contribution in [0.1, 0.15) is 239 Å². The number of unbranched alkanes of at least 4 members (excludes halogenated alkanes) is 27.